The average molecular weight is 262 g/mol. The molecule has 0 spiro atoms. The number of aliphatic hydroxyl groups is 1. The van der Waals surface area contributed by atoms with Crippen LogP contribution in [0.5, 0.6) is 0 Å². The van der Waals surface area contributed by atoms with Crippen molar-refractivity contribution < 1.29 is 5.11 Å². The molecule has 1 aromatic carbocycles. The molecule has 0 aromatic heterocycles. The van der Waals surface area contributed by atoms with E-state index in [0.717, 1.165) is 18.7 Å². The molecule has 0 saturated carbocycles. The zero-order chi connectivity index (χ0) is 13.7. The Morgan fingerprint density at radius 1 is 1.26 bits per heavy atom. The van der Waals surface area contributed by atoms with Crippen LogP contribution < -0.4 is 5.73 Å². The van der Waals surface area contributed by atoms with E-state index < -0.39 is 5.54 Å². The third kappa shape index (κ3) is 3.56. The van der Waals surface area contributed by atoms with Gasteiger partial charge in [0.2, 0.25) is 0 Å². The summed E-state index contributed by atoms with van der Waals surface area (Å²) in [7, 11) is 0. The summed E-state index contributed by atoms with van der Waals surface area (Å²) in [6, 6.07) is 10.5. The number of nitrogens with zero attached hydrogens (tertiary/aromatic N) is 1. The highest BCUT2D eigenvalue weighted by molar-refractivity contribution is 5.24. The molecule has 2 rings (SSSR count). The van der Waals surface area contributed by atoms with Crippen LogP contribution in [-0.2, 0) is 5.54 Å². The minimum absolute atomic E-state index is 0.0137. The van der Waals surface area contributed by atoms with Gasteiger partial charge in [0.25, 0.3) is 0 Å². The van der Waals surface area contributed by atoms with E-state index >= 15 is 0 Å². The third-order valence-corrected chi connectivity index (χ3v) is 4.31. The van der Waals surface area contributed by atoms with Crippen LogP contribution in [-0.4, -0.2) is 35.7 Å². The lowest BCUT2D eigenvalue weighted by Crippen LogP contribution is -2.52. The molecule has 1 saturated heterocycles. The minimum atomic E-state index is -0.653. The van der Waals surface area contributed by atoms with Crippen LogP contribution in [0.3, 0.4) is 0 Å². The Labute approximate surface area is 116 Å². The van der Waals surface area contributed by atoms with E-state index in [-0.39, 0.29) is 6.61 Å². The highest BCUT2D eigenvalue weighted by Gasteiger charge is 2.31. The summed E-state index contributed by atoms with van der Waals surface area (Å²) >= 11 is 0. The molecule has 1 fully saturated rings. The van der Waals surface area contributed by atoms with Gasteiger partial charge < -0.3 is 10.8 Å². The first kappa shape index (κ1) is 14.5. The van der Waals surface area contributed by atoms with Crippen molar-refractivity contribution in [2.45, 2.75) is 44.2 Å². The average Bonchev–Trinajstić information content (AvgIpc) is 2.65. The number of rotatable bonds is 4. The molecule has 2 unspecified atom stereocenters. The van der Waals surface area contributed by atoms with Crippen molar-refractivity contribution in [1.82, 2.24) is 4.90 Å². The Bertz CT molecular complexity index is 382. The molecule has 106 valence electrons. The van der Waals surface area contributed by atoms with E-state index in [1.165, 1.54) is 25.7 Å². The predicted octanol–water partition coefficient (Wildman–Crippen LogP) is 2.10. The molecule has 1 aromatic rings. The van der Waals surface area contributed by atoms with E-state index in [1.807, 2.05) is 30.3 Å². The van der Waals surface area contributed by atoms with Crippen molar-refractivity contribution in [2.24, 2.45) is 5.73 Å². The fourth-order valence-electron chi connectivity index (χ4n) is 2.93. The second-order valence-corrected chi connectivity index (χ2v) is 5.85. The van der Waals surface area contributed by atoms with Crippen molar-refractivity contribution in [3.63, 3.8) is 0 Å². The van der Waals surface area contributed by atoms with Crippen LogP contribution in [0, 0.1) is 0 Å². The maximum atomic E-state index is 9.77. The van der Waals surface area contributed by atoms with Crippen LogP contribution in [0.1, 0.15) is 38.2 Å². The van der Waals surface area contributed by atoms with Crippen LogP contribution in [0.25, 0.3) is 0 Å². The fraction of sp³-hybridized carbons (Fsp3) is 0.625. The van der Waals surface area contributed by atoms with Crippen LogP contribution in [0.15, 0.2) is 30.3 Å². The van der Waals surface area contributed by atoms with Crippen LogP contribution in [0.4, 0.5) is 0 Å². The van der Waals surface area contributed by atoms with Crippen molar-refractivity contribution >= 4 is 0 Å². The summed E-state index contributed by atoms with van der Waals surface area (Å²) in [5.74, 6) is 0. The monoisotopic (exact) mass is 262 g/mol. The van der Waals surface area contributed by atoms with Gasteiger partial charge in [-0.1, -0.05) is 43.2 Å². The molecule has 1 aliphatic rings. The molecule has 19 heavy (non-hydrogen) atoms. The number of nitrogens with two attached hydrogens (primary N) is 1. The lowest BCUT2D eigenvalue weighted by atomic mass is 9.90. The zero-order valence-electron chi connectivity index (χ0n) is 11.9. The topological polar surface area (TPSA) is 49.5 Å². The van der Waals surface area contributed by atoms with Gasteiger partial charge in [0, 0.05) is 12.6 Å². The van der Waals surface area contributed by atoms with Gasteiger partial charge in [-0.25, -0.2) is 0 Å². The second kappa shape index (κ2) is 6.51. The standard InChI is InChI=1S/C16H26N2O/c1-14-8-4-3-7-11-18(14)12-16(17,13-19)15-9-5-2-6-10-15/h2,5-6,9-10,14,19H,3-4,7-8,11-13,17H2,1H3. The smallest absolute Gasteiger partial charge is 0.0773 e. The molecule has 0 amide bonds. The second-order valence-electron chi connectivity index (χ2n) is 5.85. The first-order valence-corrected chi connectivity index (χ1v) is 7.35. The number of aliphatic hydroxyl groups excluding tert-OH is 1. The first-order chi connectivity index (χ1) is 9.15. The van der Waals surface area contributed by atoms with Gasteiger partial charge in [-0.05, 0) is 31.9 Å². The number of hydrogen-bond donors (Lipinski definition) is 2. The maximum absolute atomic E-state index is 9.77. The molecule has 0 aliphatic carbocycles. The lowest BCUT2D eigenvalue weighted by molar-refractivity contribution is 0.113. The Morgan fingerprint density at radius 2 is 2.00 bits per heavy atom. The van der Waals surface area contributed by atoms with E-state index in [1.54, 1.807) is 0 Å². The lowest BCUT2D eigenvalue weighted by Gasteiger charge is -2.37. The normalized spacial score (nSPS) is 24.7. The summed E-state index contributed by atoms with van der Waals surface area (Å²) in [4.78, 5) is 2.44. The van der Waals surface area contributed by atoms with Crippen molar-refractivity contribution in [3.05, 3.63) is 35.9 Å². The predicted molar refractivity (Wildman–Crippen MR) is 78.9 cm³/mol. The molecular formula is C16H26N2O. The van der Waals surface area contributed by atoms with Gasteiger partial charge in [0.05, 0.1) is 12.1 Å². The van der Waals surface area contributed by atoms with Gasteiger partial charge in [-0.2, -0.15) is 0 Å². The van der Waals surface area contributed by atoms with Crippen molar-refractivity contribution in [2.75, 3.05) is 19.7 Å². The molecular weight excluding hydrogens is 236 g/mol. The summed E-state index contributed by atoms with van der Waals surface area (Å²) < 4.78 is 0. The Kier molecular flexibility index (Phi) is 4.97. The molecule has 3 heteroatoms. The largest absolute Gasteiger partial charge is 0.394 e. The number of hydrogen-bond acceptors (Lipinski definition) is 3. The fourth-order valence-corrected chi connectivity index (χ4v) is 2.93. The molecule has 1 heterocycles. The highest BCUT2D eigenvalue weighted by Crippen LogP contribution is 2.23. The van der Waals surface area contributed by atoms with Gasteiger partial charge in [0.1, 0.15) is 0 Å². The number of benzene rings is 1. The Balaban J connectivity index is 2.13. The maximum Gasteiger partial charge on any atom is 0.0773 e. The summed E-state index contributed by atoms with van der Waals surface area (Å²) in [6.45, 7) is 4.08. The van der Waals surface area contributed by atoms with Crippen LogP contribution >= 0.6 is 0 Å². The molecule has 0 bridgehead atoms. The Morgan fingerprint density at radius 3 is 2.68 bits per heavy atom. The minimum Gasteiger partial charge on any atom is -0.394 e. The molecule has 3 nitrogen and oxygen atoms in total. The summed E-state index contributed by atoms with van der Waals surface area (Å²) in [6.07, 6.45) is 5.08. The third-order valence-electron chi connectivity index (χ3n) is 4.31. The number of likely N-dealkylation sites (tertiary alicyclic amines) is 1. The van der Waals surface area contributed by atoms with Crippen molar-refractivity contribution in [1.29, 1.82) is 0 Å². The molecule has 1 aliphatic heterocycles. The van der Waals surface area contributed by atoms with E-state index in [0.29, 0.717) is 6.04 Å². The van der Waals surface area contributed by atoms with E-state index in [9.17, 15) is 5.11 Å². The van der Waals surface area contributed by atoms with E-state index in [2.05, 4.69) is 11.8 Å². The highest BCUT2D eigenvalue weighted by atomic mass is 16.3. The summed E-state index contributed by atoms with van der Waals surface area (Å²) in [5, 5.41) is 9.77. The molecule has 2 atom stereocenters. The summed E-state index contributed by atoms with van der Waals surface area (Å²) in [5.41, 5.74) is 6.84. The quantitative estimate of drug-likeness (QED) is 0.873. The van der Waals surface area contributed by atoms with Gasteiger partial charge >= 0.3 is 0 Å². The van der Waals surface area contributed by atoms with Crippen LogP contribution in [0.2, 0.25) is 0 Å². The molecule has 3 N–H and O–H groups in total. The van der Waals surface area contributed by atoms with Gasteiger partial charge in [0.15, 0.2) is 0 Å². The Hall–Kier alpha value is -0.900. The van der Waals surface area contributed by atoms with E-state index in [4.69, 9.17) is 5.73 Å². The van der Waals surface area contributed by atoms with Gasteiger partial charge in [-0.3, -0.25) is 4.90 Å². The molecule has 0 radical (unpaired) electrons. The first-order valence-electron chi connectivity index (χ1n) is 7.35. The zero-order valence-corrected chi connectivity index (χ0v) is 11.9. The SMILES string of the molecule is CC1CCCCCN1CC(N)(CO)c1ccccc1. The van der Waals surface area contributed by atoms with Gasteiger partial charge in [-0.15, -0.1) is 0 Å². The van der Waals surface area contributed by atoms with Crippen molar-refractivity contribution in [3.8, 4) is 0 Å².